The molecule has 3 rings (SSSR count). The molecule has 128 valence electrons. The summed E-state index contributed by atoms with van der Waals surface area (Å²) in [5, 5.41) is 43.1. The highest BCUT2D eigenvalue weighted by atomic mass is 31.1. The molecule has 2 aliphatic heterocycles. The van der Waals surface area contributed by atoms with E-state index >= 15 is 0 Å². The van der Waals surface area contributed by atoms with E-state index in [2.05, 4.69) is 12.1 Å². The molecule has 0 amide bonds. The molecule has 0 aromatic heterocycles. The Hall–Kier alpha value is -0.0800. The maximum absolute atomic E-state index is 10.3. The smallest absolute Gasteiger partial charge is 0.0872 e. The molecule has 1 unspecified atom stereocenters. The summed E-state index contributed by atoms with van der Waals surface area (Å²) in [6.07, 6.45) is -2.02. The molecule has 23 heavy (non-hydrogen) atoms. The summed E-state index contributed by atoms with van der Waals surface area (Å²) in [5.74, 6) is 0. The Kier molecular flexibility index (Phi) is 5.14. The maximum Gasteiger partial charge on any atom is 0.0872 e. The highest BCUT2D eigenvalue weighted by Crippen LogP contribution is 2.57. The number of rotatable bonds is 2. The summed E-state index contributed by atoms with van der Waals surface area (Å²) in [6, 6.07) is 8.26. The normalized spacial score (nSPS) is 47.2. The molecular weight excluding hydrogens is 330 g/mol. The second-order valence-corrected chi connectivity index (χ2v) is 12.3. The molecule has 0 bridgehead atoms. The van der Waals surface area contributed by atoms with Crippen molar-refractivity contribution >= 4 is 26.5 Å². The lowest BCUT2D eigenvalue weighted by Gasteiger charge is -2.28. The molecule has 1 aromatic rings. The third-order valence-electron chi connectivity index (χ3n) is 5.45. The van der Waals surface area contributed by atoms with Crippen LogP contribution in [0.25, 0.3) is 0 Å². The number of hydrogen-bond acceptors (Lipinski definition) is 4. The fourth-order valence-electron chi connectivity index (χ4n) is 3.93. The molecule has 2 aliphatic rings. The Balaban J connectivity index is 1.99. The molecular formula is C17H26O4P2. The van der Waals surface area contributed by atoms with Crippen LogP contribution in [-0.2, 0) is 0 Å². The average Bonchev–Trinajstić information content (AvgIpc) is 2.90. The second kappa shape index (κ2) is 6.67. The largest absolute Gasteiger partial charge is 0.390 e. The minimum absolute atomic E-state index is 0.0545. The standard InChI is InChI=1S/C17H26O4P2/c1-9-15(19)12(18)8-22(9)13-6-4-5-7-14(13)23-10(2)16(20)17(21)11(23)3/h4-7,9-12,15-21H,8H2,1-3H3/t9-,10-,11-,12+,15+,16+,17+,22?/m0/s1. The molecule has 6 heteroatoms. The quantitative estimate of drug-likeness (QED) is 0.583. The first-order valence-corrected chi connectivity index (χ1v) is 11.3. The SMILES string of the molecule is C[C@H]1[C@@H](O)[C@H](O)CP1c1ccccc1P1[C@@H](C)[C@@H](O)[C@H](O)[C@@H]1C. The van der Waals surface area contributed by atoms with Crippen molar-refractivity contribution in [3.8, 4) is 0 Å². The molecule has 0 radical (unpaired) electrons. The Labute approximate surface area is 140 Å². The van der Waals surface area contributed by atoms with E-state index < -0.39 is 40.3 Å². The van der Waals surface area contributed by atoms with Crippen molar-refractivity contribution < 1.29 is 20.4 Å². The molecule has 1 aromatic carbocycles. The van der Waals surface area contributed by atoms with E-state index in [1.54, 1.807) is 0 Å². The minimum Gasteiger partial charge on any atom is -0.390 e. The third kappa shape index (κ3) is 2.88. The zero-order chi connectivity index (χ0) is 16.9. The number of aliphatic hydroxyl groups is 4. The molecule has 4 nitrogen and oxygen atoms in total. The van der Waals surface area contributed by atoms with Gasteiger partial charge in [-0.15, -0.1) is 0 Å². The van der Waals surface area contributed by atoms with Gasteiger partial charge in [0.2, 0.25) is 0 Å². The topological polar surface area (TPSA) is 80.9 Å². The first-order valence-electron chi connectivity index (χ1n) is 8.21. The fourth-order valence-corrected chi connectivity index (χ4v) is 10.7. The van der Waals surface area contributed by atoms with Crippen molar-refractivity contribution in [1.82, 2.24) is 0 Å². The van der Waals surface area contributed by atoms with Gasteiger partial charge in [-0.1, -0.05) is 60.9 Å². The monoisotopic (exact) mass is 356 g/mol. The van der Waals surface area contributed by atoms with Crippen molar-refractivity contribution in [3.63, 3.8) is 0 Å². The minimum atomic E-state index is -0.673. The van der Waals surface area contributed by atoms with Crippen LogP contribution in [0.5, 0.6) is 0 Å². The molecule has 0 aliphatic carbocycles. The Bertz CT molecular complexity index is 555. The van der Waals surface area contributed by atoms with Crippen LogP contribution < -0.4 is 10.6 Å². The van der Waals surface area contributed by atoms with Gasteiger partial charge in [0, 0.05) is 23.1 Å². The van der Waals surface area contributed by atoms with Gasteiger partial charge >= 0.3 is 0 Å². The molecule has 2 saturated heterocycles. The summed E-state index contributed by atoms with van der Waals surface area (Å²) in [6.45, 7) is 6.06. The maximum atomic E-state index is 10.3. The first kappa shape index (κ1) is 17.7. The van der Waals surface area contributed by atoms with E-state index in [-0.39, 0.29) is 17.0 Å². The van der Waals surface area contributed by atoms with Crippen molar-refractivity contribution in [3.05, 3.63) is 24.3 Å². The van der Waals surface area contributed by atoms with Gasteiger partial charge in [0.15, 0.2) is 0 Å². The van der Waals surface area contributed by atoms with Crippen LogP contribution in [-0.4, -0.2) is 68.0 Å². The van der Waals surface area contributed by atoms with E-state index in [1.165, 1.54) is 10.6 Å². The third-order valence-corrected chi connectivity index (χ3v) is 12.0. The number of hydrogen-bond donors (Lipinski definition) is 4. The van der Waals surface area contributed by atoms with Crippen molar-refractivity contribution in [2.24, 2.45) is 0 Å². The van der Waals surface area contributed by atoms with Crippen LogP contribution in [0, 0.1) is 0 Å². The average molecular weight is 356 g/mol. The van der Waals surface area contributed by atoms with E-state index in [1.807, 2.05) is 32.9 Å². The van der Waals surface area contributed by atoms with Crippen LogP contribution in [0.2, 0.25) is 0 Å². The Morgan fingerprint density at radius 2 is 1.30 bits per heavy atom. The van der Waals surface area contributed by atoms with Crippen molar-refractivity contribution in [1.29, 1.82) is 0 Å². The van der Waals surface area contributed by atoms with Crippen LogP contribution in [0.4, 0.5) is 0 Å². The van der Waals surface area contributed by atoms with Gasteiger partial charge in [0.1, 0.15) is 0 Å². The van der Waals surface area contributed by atoms with Gasteiger partial charge in [-0.05, 0) is 10.6 Å². The Morgan fingerprint density at radius 1 is 0.783 bits per heavy atom. The van der Waals surface area contributed by atoms with Crippen LogP contribution >= 0.6 is 15.8 Å². The lowest BCUT2D eigenvalue weighted by Crippen LogP contribution is -2.30. The molecule has 8 atom stereocenters. The Morgan fingerprint density at radius 3 is 1.78 bits per heavy atom. The fraction of sp³-hybridized carbons (Fsp3) is 0.647. The van der Waals surface area contributed by atoms with Gasteiger partial charge in [0.05, 0.1) is 24.4 Å². The van der Waals surface area contributed by atoms with Crippen LogP contribution in [0.1, 0.15) is 20.8 Å². The molecule has 0 spiro atoms. The van der Waals surface area contributed by atoms with Crippen molar-refractivity contribution in [2.75, 3.05) is 6.16 Å². The van der Waals surface area contributed by atoms with E-state index in [0.29, 0.717) is 6.16 Å². The number of benzene rings is 1. The first-order chi connectivity index (χ1) is 10.8. The second-order valence-electron chi connectivity index (χ2n) is 6.81. The molecule has 2 fully saturated rings. The summed E-state index contributed by atoms with van der Waals surface area (Å²) in [4.78, 5) is 0. The van der Waals surface area contributed by atoms with E-state index in [0.717, 1.165) is 0 Å². The molecule has 0 saturated carbocycles. The van der Waals surface area contributed by atoms with Gasteiger partial charge in [0.25, 0.3) is 0 Å². The van der Waals surface area contributed by atoms with Crippen molar-refractivity contribution in [2.45, 2.75) is 62.2 Å². The highest BCUT2D eigenvalue weighted by Gasteiger charge is 2.47. The predicted molar refractivity (Wildman–Crippen MR) is 96.8 cm³/mol. The van der Waals surface area contributed by atoms with Gasteiger partial charge in [-0.3, -0.25) is 0 Å². The van der Waals surface area contributed by atoms with Gasteiger partial charge in [-0.2, -0.15) is 0 Å². The lowest BCUT2D eigenvalue weighted by atomic mass is 10.1. The zero-order valence-corrected chi connectivity index (χ0v) is 15.5. The van der Waals surface area contributed by atoms with E-state index in [9.17, 15) is 20.4 Å². The number of aliphatic hydroxyl groups excluding tert-OH is 4. The molecule has 2 heterocycles. The summed E-state index contributed by atoms with van der Waals surface area (Å²) in [7, 11) is -1.30. The summed E-state index contributed by atoms with van der Waals surface area (Å²) in [5.41, 5.74) is 0.178. The van der Waals surface area contributed by atoms with E-state index in [4.69, 9.17) is 0 Å². The van der Waals surface area contributed by atoms with Gasteiger partial charge in [-0.25, -0.2) is 0 Å². The summed E-state index contributed by atoms with van der Waals surface area (Å²) >= 11 is 0. The predicted octanol–water partition coefficient (Wildman–Crippen LogP) is 0.537. The van der Waals surface area contributed by atoms with Crippen LogP contribution in [0.15, 0.2) is 24.3 Å². The zero-order valence-electron chi connectivity index (χ0n) is 13.7. The van der Waals surface area contributed by atoms with Crippen LogP contribution in [0.3, 0.4) is 0 Å². The molecule has 4 N–H and O–H groups in total. The highest BCUT2D eigenvalue weighted by molar-refractivity contribution is 7.73. The van der Waals surface area contributed by atoms with Gasteiger partial charge < -0.3 is 20.4 Å². The lowest BCUT2D eigenvalue weighted by molar-refractivity contribution is 0.0327. The summed E-state index contributed by atoms with van der Waals surface area (Å²) < 4.78 is 0.